The van der Waals surface area contributed by atoms with Crippen LogP contribution in [-0.4, -0.2) is 7.11 Å². The number of hydrogen-bond acceptors (Lipinski definition) is 2. The van der Waals surface area contributed by atoms with Gasteiger partial charge in [0.2, 0.25) is 0 Å². The molecule has 0 aliphatic heterocycles. The van der Waals surface area contributed by atoms with Gasteiger partial charge in [-0.25, -0.2) is 0 Å². The number of ether oxygens (including phenoxy) is 1. The van der Waals surface area contributed by atoms with Crippen molar-refractivity contribution in [2.75, 3.05) is 7.11 Å². The summed E-state index contributed by atoms with van der Waals surface area (Å²) in [5, 5.41) is 8.88. The van der Waals surface area contributed by atoms with Gasteiger partial charge in [0, 0.05) is 0 Å². The van der Waals surface area contributed by atoms with Crippen LogP contribution < -0.4 is 4.74 Å². The molecular weight excluding hydrogens is 267 g/mol. The van der Waals surface area contributed by atoms with Gasteiger partial charge in [0.15, 0.2) is 0 Å². The van der Waals surface area contributed by atoms with Crippen molar-refractivity contribution in [3.8, 4) is 22.9 Å². The minimum atomic E-state index is -4.38. The Kier molecular flexibility index (Phi) is 3.66. The molecule has 2 nitrogen and oxygen atoms in total. The molecule has 0 radical (unpaired) electrons. The van der Waals surface area contributed by atoms with Crippen LogP contribution in [0.3, 0.4) is 0 Å². The zero-order valence-electron chi connectivity index (χ0n) is 10.5. The summed E-state index contributed by atoms with van der Waals surface area (Å²) < 4.78 is 43.1. The van der Waals surface area contributed by atoms with Crippen molar-refractivity contribution in [3.05, 3.63) is 53.6 Å². The summed E-state index contributed by atoms with van der Waals surface area (Å²) in [6.45, 7) is 0. The van der Waals surface area contributed by atoms with Gasteiger partial charge in [0.05, 0.1) is 18.2 Å². The zero-order valence-corrected chi connectivity index (χ0v) is 10.5. The molecule has 0 atom stereocenters. The highest BCUT2D eigenvalue weighted by Gasteiger charge is 2.30. The van der Waals surface area contributed by atoms with E-state index in [0.717, 1.165) is 12.1 Å². The van der Waals surface area contributed by atoms with Crippen LogP contribution in [0, 0.1) is 11.3 Å². The summed E-state index contributed by atoms with van der Waals surface area (Å²) in [5.41, 5.74) is 0.608. The molecule has 20 heavy (non-hydrogen) atoms. The van der Waals surface area contributed by atoms with Crippen molar-refractivity contribution in [1.82, 2.24) is 0 Å². The van der Waals surface area contributed by atoms with Gasteiger partial charge in [0.1, 0.15) is 11.8 Å². The van der Waals surface area contributed by atoms with Crippen LogP contribution >= 0.6 is 0 Å². The van der Waals surface area contributed by atoms with Gasteiger partial charge in [0.25, 0.3) is 0 Å². The van der Waals surface area contributed by atoms with Gasteiger partial charge < -0.3 is 4.74 Å². The highest BCUT2D eigenvalue weighted by Crippen LogP contribution is 2.33. The Morgan fingerprint density at radius 1 is 1.05 bits per heavy atom. The largest absolute Gasteiger partial charge is 0.495 e. The highest BCUT2D eigenvalue weighted by atomic mass is 19.4. The first-order chi connectivity index (χ1) is 9.45. The lowest BCUT2D eigenvalue weighted by Gasteiger charge is -2.10. The fourth-order valence-electron chi connectivity index (χ4n) is 1.84. The molecule has 2 aromatic rings. The normalized spacial score (nSPS) is 10.9. The molecule has 0 saturated carbocycles. The zero-order chi connectivity index (χ0) is 14.8. The predicted molar refractivity (Wildman–Crippen MR) is 68.1 cm³/mol. The Morgan fingerprint density at radius 3 is 2.35 bits per heavy atom. The smallest absolute Gasteiger partial charge is 0.416 e. The Balaban J connectivity index is 2.50. The Bertz CT molecular complexity index is 672. The van der Waals surface area contributed by atoms with Crippen LogP contribution in [-0.2, 0) is 6.18 Å². The first-order valence-electron chi connectivity index (χ1n) is 5.71. The van der Waals surface area contributed by atoms with E-state index in [4.69, 9.17) is 10.00 Å². The molecule has 2 rings (SSSR count). The van der Waals surface area contributed by atoms with E-state index in [1.54, 1.807) is 18.2 Å². The van der Waals surface area contributed by atoms with Crippen molar-refractivity contribution in [2.24, 2.45) is 0 Å². The molecule has 2 aromatic carbocycles. The number of alkyl halides is 3. The average Bonchev–Trinajstić information content (AvgIpc) is 2.45. The van der Waals surface area contributed by atoms with E-state index < -0.39 is 11.7 Å². The maximum atomic E-state index is 12.7. The molecule has 0 aliphatic carbocycles. The lowest BCUT2D eigenvalue weighted by Crippen LogP contribution is -2.04. The fraction of sp³-hybridized carbons (Fsp3) is 0.133. The monoisotopic (exact) mass is 277 g/mol. The summed E-state index contributed by atoms with van der Waals surface area (Å²) in [6.07, 6.45) is -4.38. The van der Waals surface area contributed by atoms with E-state index in [0.29, 0.717) is 22.4 Å². The second-order valence-corrected chi connectivity index (χ2v) is 4.11. The van der Waals surface area contributed by atoms with Crippen LogP contribution in [0.25, 0.3) is 11.1 Å². The van der Waals surface area contributed by atoms with Crippen LogP contribution in [0.2, 0.25) is 0 Å². The predicted octanol–water partition coefficient (Wildman–Crippen LogP) is 4.25. The van der Waals surface area contributed by atoms with Crippen molar-refractivity contribution < 1.29 is 17.9 Å². The molecule has 0 unspecified atom stereocenters. The van der Waals surface area contributed by atoms with Gasteiger partial charge in [-0.2, -0.15) is 18.4 Å². The second kappa shape index (κ2) is 5.25. The number of rotatable bonds is 2. The van der Waals surface area contributed by atoms with Gasteiger partial charge in [-0.05, 0) is 35.4 Å². The first-order valence-corrected chi connectivity index (χ1v) is 5.71. The van der Waals surface area contributed by atoms with E-state index in [9.17, 15) is 13.2 Å². The highest BCUT2D eigenvalue weighted by molar-refractivity contribution is 5.68. The lowest BCUT2D eigenvalue weighted by atomic mass is 10.0. The molecule has 0 aromatic heterocycles. The summed E-state index contributed by atoms with van der Waals surface area (Å²) in [6, 6.07) is 11.6. The van der Waals surface area contributed by atoms with Gasteiger partial charge in [-0.15, -0.1) is 0 Å². The molecule has 0 heterocycles. The molecule has 0 aliphatic rings. The molecular formula is C15H10F3NO. The summed E-state index contributed by atoms with van der Waals surface area (Å²) >= 11 is 0. The fourth-order valence-corrected chi connectivity index (χ4v) is 1.84. The van der Waals surface area contributed by atoms with E-state index in [1.165, 1.54) is 19.2 Å². The third-order valence-corrected chi connectivity index (χ3v) is 2.85. The number of halogens is 3. The maximum absolute atomic E-state index is 12.7. The molecule has 0 bridgehead atoms. The number of methoxy groups -OCH3 is 1. The third-order valence-electron chi connectivity index (χ3n) is 2.85. The number of hydrogen-bond donors (Lipinski definition) is 0. The van der Waals surface area contributed by atoms with Gasteiger partial charge in [-0.1, -0.05) is 18.2 Å². The number of benzene rings is 2. The summed E-state index contributed by atoms with van der Waals surface area (Å²) in [5.74, 6) is 0.336. The number of nitrogens with zero attached hydrogens (tertiary/aromatic N) is 1. The SMILES string of the molecule is COc1cc(-c2cccc(C(F)(F)F)c2)ccc1C#N. The summed E-state index contributed by atoms with van der Waals surface area (Å²) in [4.78, 5) is 0. The molecule has 5 heteroatoms. The molecule has 102 valence electrons. The van der Waals surface area contributed by atoms with E-state index in [1.807, 2.05) is 6.07 Å². The van der Waals surface area contributed by atoms with E-state index in [-0.39, 0.29) is 0 Å². The lowest BCUT2D eigenvalue weighted by molar-refractivity contribution is -0.137. The molecule has 0 fully saturated rings. The Labute approximate surface area is 114 Å². The van der Waals surface area contributed by atoms with Crippen LogP contribution in [0.4, 0.5) is 13.2 Å². The summed E-state index contributed by atoms with van der Waals surface area (Å²) in [7, 11) is 1.41. The van der Waals surface area contributed by atoms with Gasteiger partial charge >= 0.3 is 6.18 Å². The topological polar surface area (TPSA) is 33.0 Å². The third kappa shape index (κ3) is 2.75. The van der Waals surface area contributed by atoms with E-state index in [2.05, 4.69) is 0 Å². The maximum Gasteiger partial charge on any atom is 0.416 e. The minimum absolute atomic E-state index is 0.336. The number of nitriles is 1. The molecule has 0 amide bonds. The second-order valence-electron chi connectivity index (χ2n) is 4.11. The van der Waals surface area contributed by atoms with Crippen LogP contribution in [0.5, 0.6) is 5.75 Å². The quantitative estimate of drug-likeness (QED) is 0.822. The van der Waals surface area contributed by atoms with Crippen molar-refractivity contribution in [1.29, 1.82) is 5.26 Å². The molecule has 0 N–H and O–H groups in total. The van der Waals surface area contributed by atoms with Crippen molar-refractivity contribution in [3.63, 3.8) is 0 Å². The van der Waals surface area contributed by atoms with Crippen LogP contribution in [0.1, 0.15) is 11.1 Å². The minimum Gasteiger partial charge on any atom is -0.495 e. The van der Waals surface area contributed by atoms with E-state index >= 15 is 0 Å². The molecule has 0 spiro atoms. The first kappa shape index (κ1) is 13.9. The standard InChI is InChI=1S/C15H10F3NO/c1-20-14-8-11(5-6-12(14)9-19)10-3-2-4-13(7-10)15(16,17)18/h2-8H,1H3. The Hall–Kier alpha value is -2.48. The van der Waals surface area contributed by atoms with Crippen molar-refractivity contribution in [2.45, 2.75) is 6.18 Å². The van der Waals surface area contributed by atoms with Crippen LogP contribution in [0.15, 0.2) is 42.5 Å². The molecule has 0 saturated heterocycles. The average molecular weight is 277 g/mol. The van der Waals surface area contributed by atoms with Crippen molar-refractivity contribution >= 4 is 0 Å². The van der Waals surface area contributed by atoms with Gasteiger partial charge in [-0.3, -0.25) is 0 Å². The Morgan fingerprint density at radius 2 is 1.75 bits per heavy atom.